The van der Waals surface area contributed by atoms with Crippen LogP contribution in [0.15, 0.2) is 36.7 Å². The maximum absolute atomic E-state index is 6.05. The molecule has 20 heavy (non-hydrogen) atoms. The van der Waals surface area contributed by atoms with Crippen LogP contribution in [0.5, 0.6) is 11.5 Å². The van der Waals surface area contributed by atoms with Gasteiger partial charge in [-0.3, -0.25) is 0 Å². The number of halogens is 1. The first-order chi connectivity index (χ1) is 9.83. The van der Waals surface area contributed by atoms with Crippen LogP contribution >= 0.6 is 11.6 Å². The summed E-state index contributed by atoms with van der Waals surface area (Å²) in [4.78, 5) is 10.8. The van der Waals surface area contributed by atoms with Crippen molar-refractivity contribution in [2.75, 3.05) is 31.1 Å². The molecule has 1 aromatic carbocycles. The number of hydrogen-bond donors (Lipinski definition) is 1. The molecule has 104 valence electrons. The van der Waals surface area contributed by atoms with Crippen molar-refractivity contribution in [3.63, 3.8) is 0 Å². The lowest BCUT2D eigenvalue weighted by atomic mass is 10.3. The number of para-hydroxylation sites is 1. The highest BCUT2D eigenvalue weighted by atomic mass is 35.5. The first-order valence-electron chi connectivity index (χ1n) is 6.53. The molecule has 5 nitrogen and oxygen atoms in total. The van der Waals surface area contributed by atoms with Crippen LogP contribution in [0.2, 0.25) is 5.02 Å². The fourth-order valence-corrected chi connectivity index (χ4v) is 2.22. The molecule has 2 aromatic rings. The van der Waals surface area contributed by atoms with Crippen LogP contribution in [0.3, 0.4) is 0 Å². The van der Waals surface area contributed by atoms with Crippen molar-refractivity contribution in [3.8, 4) is 11.5 Å². The van der Waals surface area contributed by atoms with Gasteiger partial charge in [0.2, 0.25) is 5.95 Å². The first kappa shape index (κ1) is 13.1. The minimum Gasteiger partial charge on any atom is -0.453 e. The Labute approximate surface area is 122 Å². The van der Waals surface area contributed by atoms with Crippen molar-refractivity contribution in [1.82, 2.24) is 15.3 Å². The maximum atomic E-state index is 6.05. The summed E-state index contributed by atoms with van der Waals surface area (Å²) in [5.74, 6) is 1.92. The Hall–Kier alpha value is -1.85. The predicted molar refractivity (Wildman–Crippen MR) is 78.6 cm³/mol. The van der Waals surface area contributed by atoms with Crippen molar-refractivity contribution in [2.45, 2.75) is 0 Å². The van der Waals surface area contributed by atoms with Gasteiger partial charge in [-0.2, -0.15) is 0 Å². The molecule has 3 rings (SSSR count). The van der Waals surface area contributed by atoms with E-state index in [0.29, 0.717) is 16.5 Å². The largest absolute Gasteiger partial charge is 0.453 e. The zero-order valence-corrected chi connectivity index (χ0v) is 11.7. The van der Waals surface area contributed by atoms with Crippen LogP contribution < -0.4 is 15.0 Å². The van der Waals surface area contributed by atoms with Crippen LogP contribution in [0.4, 0.5) is 5.95 Å². The number of nitrogens with zero attached hydrogens (tertiary/aromatic N) is 3. The molecule has 0 radical (unpaired) electrons. The van der Waals surface area contributed by atoms with E-state index in [1.54, 1.807) is 18.5 Å². The highest BCUT2D eigenvalue weighted by molar-refractivity contribution is 6.32. The van der Waals surface area contributed by atoms with E-state index in [-0.39, 0.29) is 0 Å². The summed E-state index contributed by atoms with van der Waals surface area (Å²) < 4.78 is 5.66. The lowest BCUT2D eigenvalue weighted by Crippen LogP contribution is -2.44. The second-order valence-electron chi connectivity index (χ2n) is 4.49. The predicted octanol–water partition coefficient (Wildman–Crippen LogP) is 2.33. The number of anilines is 1. The lowest BCUT2D eigenvalue weighted by molar-refractivity contribution is 0.477. The highest BCUT2D eigenvalue weighted by Crippen LogP contribution is 2.28. The Balaban J connectivity index is 1.71. The summed E-state index contributed by atoms with van der Waals surface area (Å²) in [5, 5.41) is 3.87. The topological polar surface area (TPSA) is 50.3 Å². The van der Waals surface area contributed by atoms with Crippen LogP contribution in [0.25, 0.3) is 0 Å². The molecular formula is C14H15ClN4O. The minimum atomic E-state index is 0.568. The molecule has 1 aromatic heterocycles. The standard InChI is InChI=1S/C14H15ClN4O/c15-12-3-1-2-4-13(12)20-11-9-17-14(18-10-11)19-7-5-16-6-8-19/h1-4,9-10,16H,5-8H2. The Bertz CT molecular complexity index is 570. The van der Waals surface area contributed by atoms with Crippen LogP contribution in [0.1, 0.15) is 0 Å². The van der Waals surface area contributed by atoms with Crippen molar-refractivity contribution < 1.29 is 4.74 Å². The van der Waals surface area contributed by atoms with Gasteiger partial charge < -0.3 is 15.0 Å². The number of aromatic nitrogens is 2. The third-order valence-corrected chi connectivity index (χ3v) is 3.39. The van der Waals surface area contributed by atoms with Gasteiger partial charge in [0.05, 0.1) is 17.4 Å². The molecule has 2 heterocycles. The molecule has 1 fully saturated rings. The van der Waals surface area contributed by atoms with Gasteiger partial charge in [-0.15, -0.1) is 0 Å². The number of nitrogens with one attached hydrogen (secondary N) is 1. The fraction of sp³-hybridized carbons (Fsp3) is 0.286. The zero-order chi connectivity index (χ0) is 13.8. The third kappa shape index (κ3) is 3.00. The molecule has 6 heteroatoms. The quantitative estimate of drug-likeness (QED) is 0.940. The van der Waals surface area contributed by atoms with E-state index in [9.17, 15) is 0 Å². The number of hydrogen-bond acceptors (Lipinski definition) is 5. The van der Waals surface area contributed by atoms with Crippen molar-refractivity contribution in [2.24, 2.45) is 0 Å². The Morgan fingerprint density at radius 3 is 2.50 bits per heavy atom. The number of ether oxygens (including phenoxy) is 1. The molecule has 1 aliphatic heterocycles. The summed E-state index contributed by atoms with van der Waals surface area (Å²) in [5.41, 5.74) is 0. The maximum Gasteiger partial charge on any atom is 0.225 e. The Morgan fingerprint density at radius 2 is 1.80 bits per heavy atom. The minimum absolute atomic E-state index is 0.568. The van der Waals surface area contributed by atoms with E-state index < -0.39 is 0 Å². The SMILES string of the molecule is Clc1ccccc1Oc1cnc(N2CCNCC2)nc1. The second-order valence-corrected chi connectivity index (χ2v) is 4.90. The highest BCUT2D eigenvalue weighted by Gasteiger charge is 2.13. The van der Waals surface area contributed by atoms with E-state index in [1.165, 1.54) is 0 Å². The molecule has 0 aliphatic carbocycles. The number of piperazine rings is 1. The number of rotatable bonds is 3. The molecule has 1 N–H and O–H groups in total. The fourth-order valence-electron chi connectivity index (χ4n) is 2.04. The van der Waals surface area contributed by atoms with E-state index in [1.807, 2.05) is 18.2 Å². The molecule has 0 bridgehead atoms. The zero-order valence-electron chi connectivity index (χ0n) is 10.9. The van der Waals surface area contributed by atoms with E-state index in [2.05, 4.69) is 20.2 Å². The molecule has 0 unspecified atom stereocenters. The Kier molecular flexibility index (Phi) is 3.99. The smallest absolute Gasteiger partial charge is 0.225 e. The van der Waals surface area contributed by atoms with Crippen LogP contribution in [-0.4, -0.2) is 36.1 Å². The molecular weight excluding hydrogens is 276 g/mol. The summed E-state index contributed by atoms with van der Waals surface area (Å²) in [6.45, 7) is 3.76. The van der Waals surface area contributed by atoms with E-state index in [0.717, 1.165) is 32.1 Å². The molecule has 1 saturated heterocycles. The Morgan fingerprint density at radius 1 is 1.10 bits per heavy atom. The van der Waals surface area contributed by atoms with E-state index >= 15 is 0 Å². The monoisotopic (exact) mass is 290 g/mol. The van der Waals surface area contributed by atoms with Gasteiger partial charge in [0.15, 0.2) is 5.75 Å². The van der Waals surface area contributed by atoms with Gasteiger partial charge in [0.1, 0.15) is 5.75 Å². The average Bonchev–Trinajstić information content (AvgIpc) is 2.51. The van der Waals surface area contributed by atoms with Gasteiger partial charge in [-0.1, -0.05) is 23.7 Å². The summed E-state index contributed by atoms with van der Waals surface area (Å²) in [6, 6.07) is 7.33. The van der Waals surface area contributed by atoms with Crippen LogP contribution in [-0.2, 0) is 0 Å². The van der Waals surface area contributed by atoms with Gasteiger partial charge in [-0.25, -0.2) is 9.97 Å². The van der Waals surface area contributed by atoms with Crippen molar-refractivity contribution >= 4 is 17.5 Å². The van der Waals surface area contributed by atoms with Crippen LogP contribution in [0, 0.1) is 0 Å². The summed E-state index contributed by atoms with van der Waals surface area (Å²) >= 11 is 6.05. The first-order valence-corrected chi connectivity index (χ1v) is 6.91. The van der Waals surface area contributed by atoms with Crippen molar-refractivity contribution in [3.05, 3.63) is 41.7 Å². The average molecular weight is 291 g/mol. The molecule has 0 atom stereocenters. The number of benzene rings is 1. The van der Waals surface area contributed by atoms with E-state index in [4.69, 9.17) is 16.3 Å². The summed E-state index contributed by atoms with van der Waals surface area (Å²) in [7, 11) is 0. The van der Waals surface area contributed by atoms with Crippen molar-refractivity contribution in [1.29, 1.82) is 0 Å². The second kappa shape index (κ2) is 6.07. The molecule has 0 amide bonds. The lowest BCUT2D eigenvalue weighted by Gasteiger charge is -2.27. The van der Waals surface area contributed by atoms with Gasteiger partial charge >= 0.3 is 0 Å². The van der Waals surface area contributed by atoms with Gasteiger partial charge in [0.25, 0.3) is 0 Å². The van der Waals surface area contributed by atoms with Gasteiger partial charge in [-0.05, 0) is 12.1 Å². The molecule has 0 saturated carbocycles. The molecule has 0 spiro atoms. The normalized spacial score (nSPS) is 15.2. The van der Waals surface area contributed by atoms with Gasteiger partial charge in [0, 0.05) is 26.2 Å². The third-order valence-electron chi connectivity index (χ3n) is 3.08. The molecule has 1 aliphatic rings. The summed E-state index contributed by atoms with van der Waals surface area (Å²) in [6.07, 6.45) is 3.35.